The van der Waals surface area contributed by atoms with Crippen LogP contribution in [0.15, 0.2) is 54.9 Å². The van der Waals surface area contributed by atoms with E-state index in [0.717, 1.165) is 10.6 Å². The smallest absolute Gasteiger partial charge is 0.270 e. The van der Waals surface area contributed by atoms with Crippen molar-refractivity contribution in [2.24, 2.45) is 0 Å². The molecule has 0 aliphatic heterocycles. The molecule has 0 saturated carbocycles. The van der Waals surface area contributed by atoms with Crippen molar-refractivity contribution in [2.75, 3.05) is 5.32 Å². The van der Waals surface area contributed by atoms with E-state index in [-0.39, 0.29) is 11.3 Å². The first kappa shape index (κ1) is 15.8. The molecule has 26 heavy (non-hydrogen) atoms. The van der Waals surface area contributed by atoms with Crippen LogP contribution in [-0.2, 0) is 0 Å². The van der Waals surface area contributed by atoms with Gasteiger partial charge in [-0.05, 0) is 18.2 Å². The van der Waals surface area contributed by atoms with Crippen LogP contribution >= 0.6 is 11.3 Å². The van der Waals surface area contributed by atoms with E-state index in [0.29, 0.717) is 10.6 Å². The Labute approximate surface area is 150 Å². The first-order valence-electron chi connectivity index (χ1n) is 7.43. The van der Waals surface area contributed by atoms with E-state index >= 15 is 0 Å². The zero-order valence-electron chi connectivity index (χ0n) is 13.1. The fourth-order valence-electron chi connectivity index (χ4n) is 2.37. The molecule has 2 aromatic carbocycles. The number of aromatic nitrogens is 4. The molecule has 0 aliphatic rings. The normalized spacial score (nSPS) is 10.8. The summed E-state index contributed by atoms with van der Waals surface area (Å²) in [5, 5.41) is 26.4. The number of hydrogen-bond acceptors (Lipinski definition) is 7. The second kappa shape index (κ2) is 6.33. The van der Waals surface area contributed by atoms with Gasteiger partial charge in [0, 0.05) is 28.9 Å². The lowest BCUT2D eigenvalue weighted by atomic mass is 10.1. The molecule has 128 valence electrons. The molecule has 0 atom stereocenters. The molecule has 2 aromatic heterocycles. The van der Waals surface area contributed by atoms with Crippen LogP contribution < -0.4 is 5.32 Å². The van der Waals surface area contributed by atoms with Crippen LogP contribution in [0.2, 0.25) is 0 Å². The molecule has 10 heteroatoms. The predicted octanol–water partition coefficient (Wildman–Crippen LogP) is 3.01. The zero-order valence-corrected chi connectivity index (χ0v) is 13.9. The van der Waals surface area contributed by atoms with Crippen molar-refractivity contribution in [1.82, 2.24) is 19.8 Å². The van der Waals surface area contributed by atoms with Crippen molar-refractivity contribution in [3.05, 3.63) is 70.5 Å². The summed E-state index contributed by atoms with van der Waals surface area (Å²) in [5.41, 5.74) is 1.46. The highest BCUT2D eigenvalue weighted by atomic mass is 32.1. The quantitative estimate of drug-likeness (QED) is 0.438. The molecular formula is C16H10N6O3S. The van der Waals surface area contributed by atoms with Crippen LogP contribution in [0.3, 0.4) is 0 Å². The van der Waals surface area contributed by atoms with Crippen LogP contribution in [0.5, 0.6) is 0 Å². The lowest BCUT2D eigenvalue weighted by Gasteiger charge is -2.06. The van der Waals surface area contributed by atoms with E-state index in [1.165, 1.54) is 41.9 Å². The summed E-state index contributed by atoms with van der Waals surface area (Å²) in [5.74, 6) is -0.427. The summed E-state index contributed by atoms with van der Waals surface area (Å²) < 4.78 is 1.58. The van der Waals surface area contributed by atoms with Crippen molar-refractivity contribution in [3.8, 4) is 10.6 Å². The Morgan fingerprint density at radius 1 is 1.19 bits per heavy atom. The van der Waals surface area contributed by atoms with Gasteiger partial charge in [0.05, 0.1) is 4.92 Å². The van der Waals surface area contributed by atoms with Crippen molar-refractivity contribution in [1.29, 1.82) is 0 Å². The monoisotopic (exact) mass is 366 g/mol. The predicted molar refractivity (Wildman–Crippen MR) is 95.1 cm³/mol. The van der Waals surface area contributed by atoms with Crippen LogP contribution in [0.1, 0.15) is 10.4 Å². The van der Waals surface area contributed by atoms with Crippen LogP contribution in [0.4, 0.5) is 11.4 Å². The van der Waals surface area contributed by atoms with Gasteiger partial charge < -0.3 is 5.32 Å². The van der Waals surface area contributed by atoms with E-state index in [1.54, 1.807) is 22.7 Å². The third-order valence-corrected chi connectivity index (χ3v) is 4.54. The average Bonchev–Trinajstić information content (AvgIpc) is 3.24. The Bertz CT molecular complexity index is 1110. The van der Waals surface area contributed by atoms with Gasteiger partial charge in [-0.15, -0.1) is 10.2 Å². The number of anilines is 1. The molecule has 0 saturated heterocycles. The first-order chi connectivity index (χ1) is 12.6. The van der Waals surface area contributed by atoms with E-state index in [4.69, 9.17) is 0 Å². The maximum atomic E-state index is 12.4. The van der Waals surface area contributed by atoms with Crippen LogP contribution in [-0.4, -0.2) is 30.6 Å². The third kappa shape index (κ3) is 3.00. The number of benzene rings is 2. The Balaban J connectivity index is 1.59. The number of non-ortho nitro benzene ring substituents is 1. The minimum Gasteiger partial charge on any atom is -0.322 e. The Morgan fingerprint density at radius 2 is 2.04 bits per heavy atom. The van der Waals surface area contributed by atoms with E-state index in [2.05, 4.69) is 20.6 Å². The van der Waals surface area contributed by atoms with Crippen molar-refractivity contribution in [3.63, 3.8) is 0 Å². The van der Waals surface area contributed by atoms with E-state index < -0.39 is 10.8 Å². The van der Waals surface area contributed by atoms with Gasteiger partial charge in [-0.1, -0.05) is 29.5 Å². The summed E-state index contributed by atoms with van der Waals surface area (Å²) in [6.07, 6.45) is 1.52. The SMILES string of the molecule is O=C(Nc1cccc(-c2nn3cnnc3s2)c1)c1cccc([N+](=O)[O-])c1. The second-order valence-corrected chi connectivity index (χ2v) is 6.26. The highest BCUT2D eigenvalue weighted by Crippen LogP contribution is 2.27. The van der Waals surface area contributed by atoms with Gasteiger partial charge in [-0.25, -0.2) is 0 Å². The van der Waals surface area contributed by atoms with Gasteiger partial charge in [0.15, 0.2) is 0 Å². The standard InChI is InChI=1S/C16H10N6O3S/c23-14(10-3-2-6-13(8-10)22(24)25)18-12-5-1-4-11(7-12)15-20-21-9-17-19-16(21)26-15/h1-9H,(H,18,23). The van der Waals surface area contributed by atoms with Crippen molar-refractivity contribution >= 4 is 33.6 Å². The largest absolute Gasteiger partial charge is 0.322 e. The molecular weight excluding hydrogens is 356 g/mol. The number of nitro groups is 1. The number of carbonyl (C=O) groups excluding carboxylic acids is 1. The first-order valence-corrected chi connectivity index (χ1v) is 8.25. The van der Waals surface area contributed by atoms with Gasteiger partial charge in [0.1, 0.15) is 11.3 Å². The second-order valence-electron chi connectivity index (χ2n) is 5.31. The Kier molecular flexibility index (Phi) is 3.86. The van der Waals surface area contributed by atoms with Crippen molar-refractivity contribution < 1.29 is 9.72 Å². The van der Waals surface area contributed by atoms with Gasteiger partial charge in [0.25, 0.3) is 11.6 Å². The fraction of sp³-hybridized carbons (Fsp3) is 0. The molecule has 0 radical (unpaired) electrons. The minimum atomic E-state index is -0.537. The molecule has 0 aliphatic carbocycles. The summed E-state index contributed by atoms with van der Waals surface area (Å²) in [4.78, 5) is 23.3. The Morgan fingerprint density at radius 3 is 2.85 bits per heavy atom. The van der Waals surface area contributed by atoms with Gasteiger partial charge in [-0.2, -0.15) is 9.61 Å². The number of hydrogen-bond donors (Lipinski definition) is 1. The number of fused-ring (bicyclic) bond motifs is 1. The average molecular weight is 366 g/mol. The molecule has 4 rings (SSSR count). The number of nitro benzene ring substituents is 1. The molecule has 1 amide bonds. The number of amides is 1. The van der Waals surface area contributed by atoms with Gasteiger partial charge in [-0.3, -0.25) is 14.9 Å². The molecule has 9 nitrogen and oxygen atoms in total. The molecule has 4 aromatic rings. The summed E-state index contributed by atoms with van der Waals surface area (Å²) >= 11 is 1.38. The highest BCUT2D eigenvalue weighted by molar-refractivity contribution is 7.19. The maximum Gasteiger partial charge on any atom is 0.270 e. The molecule has 0 spiro atoms. The summed E-state index contributed by atoms with van der Waals surface area (Å²) in [6, 6.07) is 12.8. The fourth-order valence-corrected chi connectivity index (χ4v) is 3.19. The van der Waals surface area contributed by atoms with Crippen molar-refractivity contribution in [2.45, 2.75) is 0 Å². The highest BCUT2D eigenvalue weighted by Gasteiger charge is 2.13. The number of rotatable bonds is 4. The molecule has 0 fully saturated rings. The molecule has 1 N–H and O–H groups in total. The zero-order chi connectivity index (χ0) is 18.1. The minimum absolute atomic E-state index is 0.133. The lowest BCUT2D eigenvalue weighted by molar-refractivity contribution is -0.384. The number of nitrogens with one attached hydrogen (secondary N) is 1. The van der Waals surface area contributed by atoms with E-state index in [9.17, 15) is 14.9 Å². The number of nitrogens with zero attached hydrogens (tertiary/aromatic N) is 5. The molecule has 2 heterocycles. The molecule has 0 unspecified atom stereocenters. The summed E-state index contributed by atoms with van der Waals surface area (Å²) in [7, 11) is 0. The lowest BCUT2D eigenvalue weighted by Crippen LogP contribution is -2.12. The third-order valence-electron chi connectivity index (χ3n) is 3.57. The van der Waals surface area contributed by atoms with E-state index in [1.807, 2.05) is 6.07 Å². The Hall–Kier alpha value is -3.66. The summed E-state index contributed by atoms with van der Waals surface area (Å²) in [6.45, 7) is 0. The van der Waals surface area contributed by atoms with Crippen LogP contribution in [0.25, 0.3) is 15.5 Å². The van der Waals surface area contributed by atoms with Gasteiger partial charge in [0.2, 0.25) is 4.96 Å². The number of carbonyl (C=O) groups is 1. The maximum absolute atomic E-state index is 12.4. The van der Waals surface area contributed by atoms with Gasteiger partial charge >= 0.3 is 0 Å². The molecule has 0 bridgehead atoms. The van der Waals surface area contributed by atoms with Crippen LogP contribution in [0, 0.1) is 10.1 Å². The topological polar surface area (TPSA) is 115 Å².